The number of thioether (sulfide) groups is 1. The van der Waals surface area contributed by atoms with E-state index in [4.69, 9.17) is 0 Å². The van der Waals surface area contributed by atoms with Crippen LogP contribution in [0.15, 0.2) is 53.4 Å². The van der Waals surface area contributed by atoms with Crippen molar-refractivity contribution in [3.05, 3.63) is 59.7 Å². The maximum atomic E-state index is 12.2. The fourth-order valence-corrected chi connectivity index (χ4v) is 3.71. The molecule has 2 aromatic carbocycles. The van der Waals surface area contributed by atoms with Gasteiger partial charge in [0, 0.05) is 10.6 Å². The summed E-state index contributed by atoms with van der Waals surface area (Å²) in [6, 6.07) is 14.7. The summed E-state index contributed by atoms with van der Waals surface area (Å²) in [5, 5.41) is 2.94. The highest BCUT2D eigenvalue weighted by Gasteiger charge is 2.12. The Morgan fingerprint density at radius 2 is 1.88 bits per heavy atom. The molecule has 0 bridgehead atoms. The number of sulfonamides is 1. The Labute approximate surface area is 153 Å². The zero-order valence-corrected chi connectivity index (χ0v) is 16.1. The molecule has 2 aromatic rings. The summed E-state index contributed by atoms with van der Waals surface area (Å²) >= 11 is 1.50. The molecule has 0 spiro atoms. The first-order valence-corrected chi connectivity index (χ1v) is 10.7. The van der Waals surface area contributed by atoms with Gasteiger partial charge in [-0.3, -0.25) is 9.52 Å². The third kappa shape index (κ3) is 6.43. The van der Waals surface area contributed by atoms with Crippen LogP contribution in [-0.2, 0) is 14.8 Å². The van der Waals surface area contributed by atoms with Gasteiger partial charge in [0.05, 0.1) is 18.1 Å². The monoisotopic (exact) mass is 378 g/mol. The van der Waals surface area contributed by atoms with Crippen LogP contribution in [0.25, 0.3) is 0 Å². The summed E-state index contributed by atoms with van der Waals surface area (Å²) in [5.74, 6) is 0.262. The maximum Gasteiger partial charge on any atom is 0.230 e. The van der Waals surface area contributed by atoms with E-state index >= 15 is 0 Å². The number of anilines is 1. The predicted molar refractivity (Wildman–Crippen MR) is 103 cm³/mol. The molecule has 0 aliphatic heterocycles. The number of amides is 1. The lowest BCUT2D eigenvalue weighted by molar-refractivity contribution is -0.119. The lowest BCUT2D eigenvalue weighted by Gasteiger charge is -2.16. The number of carbonyl (C=O) groups is 1. The lowest BCUT2D eigenvalue weighted by atomic mass is 10.1. The molecule has 0 radical (unpaired) electrons. The molecule has 0 saturated carbocycles. The van der Waals surface area contributed by atoms with Crippen molar-refractivity contribution in [1.82, 2.24) is 5.32 Å². The molecule has 0 fully saturated rings. The molecule has 0 aromatic heterocycles. The first kappa shape index (κ1) is 19.3. The van der Waals surface area contributed by atoms with Crippen molar-refractivity contribution in [2.45, 2.75) is 24.8 Å². The molecule has 0 aliphatic rings. The minimum Gasteiger partial charge on any atom is -0.349 e. The number of benzene rings is 2. The molecular formula is C18H22N2O3S2. The van der Waals surface area contributed by atoms with Gasteiger partial charge in [-0.05, 0) is 43.2 Å². The van der Waals surface area contributed by atoms with E-state index in [9.17, 15) is 13.2 Å². The van der Waals surface area contributed by atoms with Gasteiger partial charge in [-0.2, -0.15) is 0 Å². The summed E-state index contributed by atoms with van der Waals surface area (Å²) in [7, 11) is -3.33. The molecule has 25 heavy (non-hydrogen) atoms. The highest BCUT2D eigenvalue weighted by atomic mass is 32.2. The largest absolute Gasteiger partial charge is 0.349 e. The summed E-state index contributed by atoms with van der Waals surface area (Å²) in [6.07, 6.45) is 1.10. The molecule has 5 nitrogen and oxygen atoms in total. The van der Waals surface area contributed by atoms with Gasteiger partial charge < -0.3 is 5.32 Å². The van der Waals surface area contributed by atoms with Crippen LogP contribution in [0.1, 0.15) is 24.1 Å². The van der Waals surface area contributed by atoms with E-state index in [1.165, 1.54) is 11.8 Å². The van der Waals surface area contributed by atoms with Crippen molar-refractivity contribution in [3.63, 3.8) is 0 Å². The van der Waals surface area contributed by atoms with Crippen LogP contribution in [0.2, 0.25) is 0 Å². The number of hydrogen-bond donors (Lipinski definition) is 2. The summed E-state index contributed by atoms with van der Waals surface area (Å²) in [6.45, 7) is 3.89. The normalized spacial score (nSPS) is 12.4. The molecular weight excluding hydrogens is 356 g/mol. The van der Waals surface area contributed by atoms with E-state index < -0.39 is 10.0 Å². The third-order valence-corrected chi connectivity index (χ3v) is 5.30. The van der Waals surface area contributed by atoms with Crippen LogP contribution in [0, 0.1) is 6.92 Å². The van der Waals surface area contributed by atoms with Crippen LogP contribution in [0.3, 0.4) is 0 Å². The van der Waals surface area contributed by atoms with Crippen molar-refractivity contribution >= 4 is 33.4 Å². The van der Waals surface area contributed by atoms with Crippen molar-refractivity contribution in [2.24, 2.45) is 0 Å². The second kappa shape index (κ2) is 8.40. The third-order valence-electron chi connectivity index (χ3n) is 3.52. The zero-order chi connectivity index (χ0) is 18.4. The SMILES string of the molecule is Cc1ccccc1SCC(=O)N[C@H](C)c1cccc(NS(C)(=O)=O)c1. The molecule has 0 saturated heterocycles. The van der Waals surface area contributed by atoms with E-state index in [-0.39, 0.29) is 11.9 Å². The Morgan fingerprint density at radius 1 is 1.16 bits per heavy atom. The van der Waals surface area contributed by atoms with E-state index in [0.717, 1.165) is 22.3 Å². The zero-order valence-electron chi connectivity index (χ0n) is 14.4. The Kier molecular flexibility index (Phi) is 6.50. The Bertz CT molecular complexity index is 851. The molecule has 2 N–H and O–H groups in total. The first-order chi connectivity index (χ1) is 11.7. The summed E-state index contributed by atoms with van der Waals surface area (Å²) in [4.78, 5) is 13.3. The van der Waals surface area contributed by atoms with Crippen molar-refractivity contribution in [3.8, 4) is 0 Å². The quantitative estimate of drug-likeness (QED) is 0.725. The van der Waals surface area contributed by atoms with Crippen LogP contribution in [0.4, 0.5) is 5.69 Å². The fraction of sp³-hybridized carbons (Fsp3) is 0.278. The molecule has 0 heterocycles. The molecule has 1 amide bonds. The lowest BCUT2D eigenvalue weighted by Crippen LogP contribution is -2.28. The van der Waals surface area contributed by atoms with Crippen LogP contribution in [0.5, 0.6) is 0 Å². The van der Waals surface area contributed by atoms with E-state index in [2.05, 4.69) is 10.0 Å². The van der Waals surface area contributed by atoms with Crippen molar-refractivity contribution < 1.29 is 13.2 Å². The van der Waals surface area contributed by atoms with E-state index in [0.29, 0.717) is 11.4 Å². The second-order valence-electron chi connectivity index (χ2n) is 5.84. The van der Waals surface area contributed by atoms with Gasteiger partial charge in [-0.25, -0.2) is 8.42 Å². The van der Waals surface area contributed by atoms with Crippen LogP contribution >= 0.6 is 11.8 Å². The first-order valence-electron chi connectivity index (χ1n) is 7.80. The summed E-state index contributed by atoms with van der Waals surface area (Å²) < 4.78 is 25.1. The van der Waals surface area contributed by atoms with Gasteiger partial charge >= 0.3 is 0 Å². The molecule has 7 heteroatoms. The Morgan fingerprint density at radius 3 is 2.56 bits per heavy atom. The number of rotatable bonds is 7. The second-order valence-corrected chi connectivity index (χ2v) is 8.61. The predicted octanol–water partition coefficient (Wildman–Crippen LogP) is 3.34. The topological polar surface area (TPSA) is 75.3 Å². The maximum absolute atomic E-state index is 12.2. The highest BCUT2D eigenvalue weighted by molar-refractivity contribution is 8.00. The Balaban J connectivity index is 1.95. The molecule has 1 atom stereocenters. The van der Waals surface area contributed by atoms with Gasteiger partial charge in [0.25, 0.3) is 0 Å². The van der Waals surface area contributed by atoms with Gasteiger partial charge in [-0.1, -0.05) is 30.3 Å². The smallest absolute Gasteiger partial charge is 0.230 e. The van der Waals surface area contributed by atoms with Gasteiger partial charge in [0.15, 0.2) is 0 Å². The average Bonchev–Trinajstić information content (AvgIpc) is 2.52. The minimum atomic E-state index is -3.33. The summed E-state index contributed by atoms with van der Waals surface area (Å²) in [5.41, 5.74) is 2.46. The molecule has 134 valence electrons. The van der Waals surface area contributed by atoms with Gasteiger partial charge in [0.2, 0.25) is 15.9 Å². The van der Waals surface area contributed by atoms with Crippen LogP contribution in [-0.4, -0.2) is 26.3 Å². The molecule has 0 aliphatic carbocycles. The van der Waals surface area contributed by atoms with E-state index in [1.54, 1.807) is 18.2 Å². The van der Waals surface area contributed by atoms with Crippen molar-refractivity contribution in [2.75, 3.05) is 16.7 Å². The van der Waals surface area contributed by atoms with Gasteiger partial charge in [-0.15, -0.1) is 11.8 Å². The van der Waals surface area contributed by atoms with Crippen molar-refractivity contribution in [1.29, 1.82) is 0 Å². The number of carbonyl (C=O) groups excluding carboxylic acids is 1. The highest BCUT2D eigenvalue weighted by Crippen LogP contribution is 2.22. The number of hydrogen-bond acceptors (Lipinski definition) is 4. The minimum absolute atomic E-state index is 0.0674. The fourth-order valence-electron chi connectivity index (χ4n) is 2.31. The van der Waals surface area contributed by atoms with Gasteiger partial charge in [0.1, 0.15) is 0 Å². The molecule has 2 rings (SSSR count). The molecule has 0 unspecified atom stereocenters. The standard InChI is InChI=1S/C18H22N2O3S2/c1-13-7-4-5-10-17(13)24-12-18(21)19-14(2)15-8-6-9-16(11-15)20-25(3,22)23/h4-11,14,20H,12H2,1-3H3,(H,19,21)/t14-/m1/s1. The van der Waals surface area contributed by atoms with E-state index in [1.807, 2.05) is 44.2 Å². The van der Waals surface area contributed by atoms with Crippen LogP contribution < -0.4 is 10.0 Å². The average molecular weight is 379 g/mol. The Hall–Kier alpha value is -1.99. The number of aryl methyl sites for hydroxylation is 1. The number of nitrogens with one attached hydrogen (secondary N) is 2.